The molecule has 3 rings (SSSR count). The fraction of sp³-hybridized carbons (Fsp3) is 0.529. The highest BCUT2D eigenvalue weighted by molar-refractivity contribution is 5.77. The zero-order valence-electron chi connectivity index (χ0n) is 14.4. The number of hydrogen-bond acceptors (Lipinski definition) is 6. The molecule has 0 aliphatic heterocycles. The molecule has 1 amide bonds. The van der Waals surface area contributed by atoms with E-state index in [4.69, 9.17) is 9.47 Å². The zero-order valence-corrected chi connectivity index (χ0v) is 14.4. The summed E-state index contributed by atoms with van der Waals surface area (Å²) in [5.74, 6) is 1.57. The van der Waals surface area contributed by atoms with Crippen molar-refractivity contribution in [3.63, 3.8) is 0 Å². The topological polar surface area (TPSA) is 91.2 Å². The van der Waals surface area contributed by atoms with Crippen LogP contribution in [0.2, 0.25) is 0 Å². The largest absolute Gasteiger partial charge is 0.493 e. The van der Waals surface area contributed by atoms with E-state index in [9.17, 15) is 4.79 Å². The first-order valence-electron chi connectivity index (χ1n) is 8.57. The van der Waals surface area contributed by atoms with Crippen molar-refractivity contribution in [1.29, 1.82) is 0 Å². The van der Waals surface area contributed by atoms with Gasteiger partial charge in [-0.1, -0.05) is 31.4 Å². The lowest BCUT2D eigenvalue weighted by Gasteiger charge is -2.22. The predicted octanol–water partition coefficient (Wildman–Crippen LogP) is 1.88. The van der Waals surface area contributed by atoms with Crippen molar-refractivity contribution >= 4 is 5.91 Å². The lowest BCUT2D eigenvalue weighted by molar-refractivity contribution is -0.123. The molecule has 2 aromatic rings. The number of amides is 1. The second-order valence-corrected chi connectivity index (χ2v) is 6.05. The van der Waals surface area contributed by atoms with E-state index in [1.165, 1.54) is 19.3 Å². The van der Waals surface area contributed by atoms with Gasteiger partial charge < -0.3 is 14.8 Å². The van der Waals surface area contributed by atoms with Gasteiger partial charge in [-0.3, -0.25) is 4.79 Å². The third-order valence-corrected chi connectivity index (χ3v) is 4.35. The molecule has 1 aliphatic carbocycles. The van der Waals surface area contributed by atoms with E-state index >= 15 is 0 Å². The number of aromatic nitrogens is 4. The minimum absolute atomic E-state index is 0.0919. The van der Waals surface area contributed by atoms with Crippen molar-refractivity contribution in [1.82, 2.24) is 25.5 Å². The molecule has 1 aromatic carbocycles. The molecule has 8 nitrogen and oxygen atoms in total. The minimum atomic E-state index is -0.232. The van der Waals surface area contributed by atoms with Crippen LogP contribution >= 0.6 is 0 Å². The fourth-order valence-electron chi connectivity index (χ4n) is 3.05. The van der Waals surface area contributed by atoms with Crippen molar-refractivity contribution in [2.24, 2.45) is 0 Å². The average Bonchev–Trinajstić information content (AvgIpc) is 3.14. The Bertz CT molecular complexity index is 697. The maximum Gasteiger partial charge on any atom is 0.258 e. The van der Waals surface area contributed by atoms with Crippen molar-refractivity contribution in [2.45, 2.75) is 44.7 Å². The van der Waals surface area contributed by atoms with Gasteiger partial charge in [-0.05, 0) is 35.4 Å². The van der Waals surface area contributed by atoms with Crippen molar-refractivity contribution in [3.05, 3.63) is 30.1 Å². The number of para-hydroxylation sites is 2. The second kappa shape index (κ2) is 8.46. The van der Waals surface area contributed by atoms with Gasteiger partial charge in [-0.15, -0.1) is 5.10 Å². The molecule has 1 aromatic heterocycles. The van der Waals surface area contributed by atoms with Gasteiger partial charge in [0.05, 0.1) is 19.7 Å². The lowest BCUT2D eigenvalue weighted by atomic mass is 9.96. The van der Waals surface area contributed by atoms with Crippen LogP contribution in [0, 0.1) is 0 Å². The Labute approximate surface area is 146 Å². The number of nitrogens with zero attached hydrogens (tertiary/aromatic N) is 4. The summed E-state index contributed by atoms with van der Waals surface area (Å²) in [5, 5.41) is 14.7. The third-order valence-electron chi connectivity index (χ3n) is 4.35. The number of carbonyl (C=O) groups excluding carboxylic acids is 1. The molecule has 25 heavy (non-hydrogen) atoms. The van der Waals surface area contributed by atoms with Gasteiger partial charge in [-0.25, -0.2) is 4.68 Å². The quantitative estimate of drug-likeness (QED) is 0.824. The highest BCUT2D eigenvalue weighted by Gasteiger charge is 2.20. The van der Waals surface area contributed by atoms with Crippen LogP contribution in [0.3, 0.4) is 0 Å². The van der Waals surface area contributed by atoms with Crippen LogP contribution in [0.15, 0.2) is 24.3 Å². The number of methoxy groups -OCH3 is 1. The number of benzene rings is 1. The molecule has 0 spiro atoms. The van der Waals surface area contributed by atoms with Gasteiger partial charge in [0.1, 0.15) is 0 Å². The first kappa shape index (κ1) is 17.2. The van der Waals surface area contributed by atoms with E-state index in [2.05, 4.69) is 20.8 Å². The standard InChI is InChI=1S/C17H23N5O3/c1-24-14-9-5-6-10-15(14)25-12-17(23)18-11-16-19-20-21-22(16)13-7-3-2-4-8-13/h5-6,9-10,13H,2-4,7-8,11-12H2,1H3,(H,18,23). The van der Waals surface area contributed by atoms with E-state index < -0.39 is 0 Å². The van der Waals surface area contributed by atoms with Gasteiger partial charge >= 0.3 is 0 Å². The number of carbonyl (C=O) groups is 1. The fourth-order valence-corrected chi connectivity index (χ4v) is 3.05. The summed E-state index contributed by atoms with van der Waals surface area (Å²) >= 11 is 0. The summed E-state index contributed by atoms with van der Waals surface area (Å²) in [5.41, 5.74) is 0. The SMILES string of the molecule is COc1ccccc1OCC(=O)NCc1nnnn1C1CCCCC1. The van der Waals surface area contributed by atoms with Crippen LogP contribution in [0.25, 0.3) is 0 Å². The Hall–Kier alpha value is -2.64. The second-order valence-electron chi connectivity index (χ2n) is 6.05. The first-order chi connectivity index (χ1) is 12.3. The van der Waals surface area contributed by atoms with Crippen LogP contribution < -0.4 is 14.8 Å². The third kappa shape index (κ3) is 4.46. The Kier molecular flexibility index (Phi) is 5.81. The maximum absolute atomic E-state index is 12.0. The molecule has 1 saturated carbocycles. The summed E-state index contributed by atoms with van der Waals surface area (Å²) in [7, 11) is 1.56. The Morgan fingerprint density at radius 3 is 2.76 bits per heavy atom. The Morgan fingerprint density at radius 1 is 1.24 bits per heavy atom. The molecule has 1 heterocycles. The average molecular weight is 345 g/mol. The Morgan fingerprint density at radius 2 is 2.00 bits per heavy atom. The van der Waals surface area contributed by atoms with Crippen molar-refractivity contribution < 1.29 is 14.3 Å². The maximum atomic E-state index is 12.0. The van der Waals surface area contributed by atoms with E-state index in [-0.39, 0.29) is 19.1 Å². The van der Waals surface area contributed by atoms with Gasteiger partial charge in [-0.2, -0.15) is 0 Å². The summed E-state index contributed by atoms with van der Waals surface area (Å²) in [6.45, 7) is 0.197. The number of nitrogens with one attached hydrogen (secondary N) is 1. The van der Waals surface area contributed by atoms with Crippen LogP contribution in [-0.4, -0.2) is 39.8 Å². The van der Waals surface area contributed by atoms with Crippen LogP contribution in [0.1, 0.15) is 44.0 Å². The smallest absolute Gasteiger partial charge is 0.258 e. The van der Waals surface area contributed by atoms with Crippen LogP contribution in [0.5, 0.6) is 11.5 Å². The summed E-state index contributed by atoms with van der Waals surface area (Å²) in [6.07, 6.45) is 5.84. The normalized spacial score (nSPS) is 14.9. The van der Waals surface area contributed by atoms with Crippen LogP contribution in [0.4, 0.5) is 0 Å². The molecular formula is C17H23N5O3. The Balaban J connectivity index is 1.50. The van der Waals surface area contributed by atoms with E-state index in [0.717, 1.165) is 12.8 Å². The number of ether oxygens (including phenoxy) is 2. The highest BCUT2D eigenvalue weighted by Crippen LogP contribution is 2.28. The molecule has 0 bridgehead atoms. The molecule has 0 saturated heterocycles. The van der Waals surface area contributed by atoms with E-state index in [1.807, 2.05) is 16.8 Å². The highest BCUT2D eigenvalue weighted by atomic mass is 16.5. The predicted molar refractivity (Wildman–Crippen MR) is 90.3 cm³/mol. The zero-order chi connectivity index (χ0) is 17.5. The lowest BCUT2D eigenvalue weighted by Crippen LogP contribution is -2.30. The number of rotatable bonds is 7. The monoisotopic (exact) mass is 345 g/mol. The van der Waals surface area contributed by atoms with Crippen LogP contribution in [-0.2, 0) is 11.3 Å². The number of tetrazole rings is 1. The van der Waals surface area contributed by atoms with Gasteiger partial charge in [0.2, 0.25) is 0 Å². The molecular weight excluding hydrogens is 322 g/mol. The number of hydrogen-bond donors (Lipinski definition) is 1. The molecule has 134 valence electrons. The van der Waals surface area contributed by atoms with Crippen molar-refractivity contribution in [3.8, 4) is 11.5 Å². The van der Waals surface area contributed by atoms with E-state index in [1.54, 1.807) is 19.2 Å². The minimum Gasteiger partial charge on any atom is -0.493 e. The molecule has 0 atom stereocenters. The van der Waals surface area contributed by atoms with Gasteiger partial charge in [0.25, 0.3) is 5.91 Å². The molecule has 8 heteroatoms. The molecule has 0 radical (unpaired) electrons. The van der Waals surface area contributed by atoms with Crippen molar-refractivity contribution in [2.75, 3.05) is 13.7 Å². The molecule has 1 aliphatic rings. The summed E-state index contributed by atoms with van der Waals surface area (Å²) < 4.78 is 12.6. The molecule has 1 N–H and O–H groups in total. The molecule has 0 unspecified atom stereocenters. The first-order valence-corrected chi connectivity index (χ1v) is 8.57. The molecule has 1 fully saturated rings. The summed E-state index contributed by atoms with van der Waals surface area (Å²) in [4.78, 5) is 12.0. The van der Waals surface area contributed by atoms with Gasteiger partial charge in [0, 0.05) is 0 Å². The summed E-state index contributed by atoms with van der Waals surface area (Å²) in [6, 6.07) is 7.55. The van der Waals surface area contributed by atoms with E-state index in [0.29, 0.717) is 23.4 Å². The van der Waals surface area contributed by atoms with Gasteiger partial charge in [0.15, 0.2) is 23.9 Å².